The molecule has 0 fully saturated rings. The van der Waals surface area contributed by atoms with Crippen molar-refractivity contribution in [2.24, 2.45) is 0 Å². The predicted octanol–water partition coefficient (Wildman–Crippen LogP) is 3.14. The third kappa shape index (κ3) is 3.15. The summed E-state index contributed by atoms with van der Waals surface area (Å²) in [6.07, 6.45) is 0. The number of nitro groups is 1. The van der Waals surface area contributed by atoms with Crippen LogP contribution >= 0.6 is 11.6 Å². The van der Waals surface area contributed by atoms with E-state index in [4.69, 9.17) is 17.3 Å². The largest absolute Gasteiger partial charge is 0.399 e. The van der Waals surface area contributed by atoms with Crippen LogP contribution in [-0.2, 0) is 16.6 Å². The fourth-order valence-electron chi connectivity index (χ4n) is 1.70. The van der Waals surface area contributed by atoms with E-state index < -0.39 is 15.7 Å². The van der Waals surface area contributed by atoms with Gasteiger partial charge in [-0.15, -0.1) is 0 Å². The third-order valence-electron chi connectivity index (χ3n) is 2.67. The fraction of sp³-hybridized carbons (Fsp3) is 0.0769. The van der Waals surface area contributed by atoms with Crippen molar-refractivity contribution in [3.8, 4) is 0 Å². The molecule has 2 aromatic rings. The second kappa shape index (κ2) is 6.02. The second-order valence-electron chi connectivity index (χ2n) is 4.07. The molecule has 0 aliphatic carbocycles. The minimum atomic E-state index is -1.55. The van der Waals surface area contributed by atoms with E-state index in [-0.39, 0.29) is 16.3 Å². The summed E-state index contributed by atoms with van der Waals surface area (Å²) >= 11 is 6.02. The number of para-hydroxylation sites is 1. The Morgan fingerprint density at radius 1 is 1.25 bits per heavy atom. The molecule has 0 saturated heterocycles. The number of nitrogens with zero attached hydrogens (tertiary/aromatic N) is 1. The summed E-state index contributed by atoms with van der Waals surface area (Å²) in [7, 11) is -1.55. The number of nitrogen functional groups attached to an aromatic ring is 1. The van der Waals surface area contributed by atoms with Crippen LogP contribution in [0.4, 0.5) is 11.4 Å². The topological polar surface area (TPSA) is 86.2 Å². The van der Waals surface area contributed by atoms with Gasteiger partial charge in [-0.25, -0.2) is 0 Å². The number of nitro benzene ring substituents is 1. The van der Waals surface area contributed by atoms with Crippen molar-refractivity contribution in [2.75, 3.05) is 5.73 Å². The van der Waals surface area contributed by atoms with Gasteiger partial charge in [0.05, 0.1) is 21.5 Å². The van der Waals surface area contributed by atoms with Crippen LogP contribution in [0, 0.1) is 10.1 Å². The van der Waals surface area contributed by atoms with Gasteiger partial charge in [0.1, 0.15) is 4.90 Å². The van der Waals surface area contributed by atoms with Crippen LogP contribution in [0.2, 0.25) is 5.02 Å². The zero-order valence-corrected chi connectivity index (χ0v) is 11.9. The molecule has 0 amide bonds. The van der Waals surface area contributed by atoms with Gasteiger partial charge in [-0.2, -0.15) is 0 Å². The summed E-state index contributed by atoms with van der Waals surface area (Å²) in [5.74, 6) is 0.101. The Hall–Kier alpha value is -1.92. The standard InChI is InChI=1S/C13H11ClN2O3S/c14-11-7-10(15)6-5-9(11)8-20(19)13-4-2-1-3-12(13)16(17)18/h1-7H,8,15H2. The molecule has 0 saturated carbocycles. The van der Waals surface area contributed by atoms with Crippen LogP contribution in [0.1, 0.15) is 5.56 Å². The minimum absolute atomic E-state index is 0.101. The SMILES string of the molecule is Nc1ccc(CS(=O)c2ccccc2[N+](=O)[O-])c(Cl)c1. The summed E-state index contributed by atoms with van der Waals surface area (Å²) in [4.78, 5) is 10.6. The molecule has 5 nitrogen and oxygen atoms in total. The van der Waals surface area contributed by atoms with Gasteiger partial charge < -0.3 is 5.73 Å². The molecule has 0 aromatic heterocycles. The van der Waals surface area contributed by atoms with Crippen LogP contribution in [0.5, 0.6) is 0 Å². The highest BCUT2D eigenvalue weighted by molar-refractivity contribution is 7.84. The lowest BCUT2D eigenvalue weighted by atomic mass is 10.2. The summed E-state index contributed by atoms with van der Waals surface area (Å²) in [5.41, 5.74) is 6.57. The van der Waals surface area contributed by atoms with Crippen LogP contribution in [0.3, 0.4) is 0 Å². The number of rotatable bonds is 4. The Balaban J connectivity index is 2.31. The summed E-state index contributed by atoms with van der Waals surface area (Å²) in [6, 6.07) is 10.9. The average Bonchev–Trinajstić information content (AvgIpc) is 2.41. The van der Waals surface area contributed by atoms with Crippen molar-refractivity contribution in [3.05, 3.63) is 63.2 Å². The summed E-state index contributed by atoms with van der Waals surface area (Å²) < 4.78 is 12.3. The number of hydrogen-bond donors (Lipinski definition) is 1. The molecule has 2 N–H and O–H groups in total. The van der Waals surface area contributed by atoms with E-state index in [0.717, 1.165) is 0 Å². The Bertz CT molecular complexity index is 691. The van der Waals surface area contributed by atoms with Gasteiger partial charge in [-0.1, -0.05) is 29.8 Å². The lowest BCUT2D eigenvalue weighted by Gasteiger charge is -2.06. The van der Waals surface area contributed by atoms with E-state index >= 15 is 0 Å². The smallest absolute Gasteiger partial charge is 0.285 e. The van der Waals surface area contributed by atoms with Crippen LogP contribution < -0.4 is 5.73 Å². The number of anilines is 1. The maximum absolute atomic E-state index is 12.3. The van der Waals surface area contributed by atoms with Crippen molar-refractivity contribution in [3.63, 3.8) is 0 Å². The Labute approximate surface area is 123 Å². The lowest BCUT2D eigenvalue weighted by Crippen LogP contribution is -2.01. The van der Waals surface area contributed by atoms with Crippen molar-refractivity contribution >= 4 is 33.8 Å². The Morgan fingerprint density at radius 3 is 2.60 bits per heavy atom. The molecule has 0 radical (unpaired) electrons. The third-order valence-corrected chi connectivity index (χ3v) is 4.43. The number of hydrogen-bond acceptors (Lipinski definition) is 4. The number of benzene rings is 2. The molecule has 0 aliphatic heterocycles. The molecule has 0 aliphatic rings. The zero-order chi connectivity index (χ0) is 14.7. The highest BCUT2D eigenvalue weighted by Gasteiger charge is 2.18. The van der Waals surface area contributed by atoms with E-state index in [1.54, 1.807) is 24.3 Å². The van der Waals surface area contributed by atoms with E-state index in [1.165, 1.54) is 18.2 Å². The van der Waals surface area contributed by atoms with Gasteiger partial charge in [0.2, 0.25) is 0 Å². The van der Waals surface area contributed by atoms with Gasteiger partial charge in [-0.3, -0.25) is 14.3 Å². The van der Waals surface area contributed by atoms with Crippen molar-refractivity contribution in [1.82, 2.24) is 0 Å². The van der Waals surface area contributed by atoms with Crippen molar-refractivity contribution in [2.45, 2.75) is 10.6 Å². The minimum Gasteiger partial charge on any atom is -0.399 e. The maximum Gasteiger partial charge on any atom is 0.285 e. The van der Waals surface area contributed by atoms with E-state index in [9.17, 15) is 14.3 Å². The highest BCUT2D eigenvalue weighted by atomic mass is 35.5. The lowest BCUT2D eigenvalue weighted by molar-refractivity contribution is -0.387. The van der Waals surface area contributed by atoms with Gasteiger partial charge in [-0.05, 0) is 23.8 Å². The van der Waals surface area contributed by atoms with Crippen molar-refractivity contribution in [1.29, 1.82) is 0 Å². The first kappa shape index (κ1) is 14.5. The van der Waals surface area contributed by atoms with Crippen molar-refractivity contribution < 1.29 is 9.13 Å². The number of nitrogens with two attached hydrogens (primary N) is 1. The molecule has 20 heavy (non-hydrogen) atoms. The highest BCUT2D eigenvalue weighted by Crippen LogP contribution is 2.26. The molecule has 1 atom stereocenters. The number of halogens is 1. The molecule has 0 bridgehead atoms. The Kier molecular flexibility index (Phi) is 4.36. The first-order chi connectivity index (χ1) is 9.49. The van der Waals surface area contributed by atoms with Gasteiger partial charge >= 0.3 is 0 Å². The molecular weight excluding hydrogens is 300 g/mol. The van der Waals surface area contributed by atoms with E-state index in [0.29, 0.717) is 16.3 Å². The second-order valence-corrected chi connectivity index (χ2v) is 5.89. The first-order valence-corrected chi connectivity index (χ1v) is 7.34. The van der Waals surface area contributed by atoms with Gasteiger partial charge in [0, 0.05) is 16.8 Å². The Morgan fingerprint density at radius 2 is 1.95 bits per heavy atom. The molecule has 104 valence electrons. The first-order valence-electron chi connectivity index (χ1n) is 5.64. The zero-order valence-electron chi connectivity index (χ0n) is 10.3. The van der Waals surface area contributed by atoms with Crippen LogP contribution in [0.15, 0.2) is 47.4 Å². The molecule has 7 heteroatoms. The van der Waals surface area contributed by atoms with E-state index in [2.05, 4.69) is 0 Å². The normalized spacial score (nSPS) is 12.1. The quantitative estimate of drug-likeness (QED) is 0.534. The van der Waals surface area contributed by atoms with Gasteiger partial charge in [0.15, 0.2) is 0 Å². The average molecular weight is 311 g/mol. The molecule has 1 unspecified atom stereocenters. The molecule has 2 rings (SSSR count). The summed E-state index contributed by atoms with van der Waals surface area (Å²) in [5, 5.41) is 11.3. The van der Waals surface area contributed by atoms with Crippen LogP contribution in [0.25, 0.3) is 0 Å². The maximum atomic E-state index is 12.3. The molecule has 2 aromatic carbocycles. The fourth-order valence-corrected chi connectivity index (χ4v) is 3.33. The summed E-state index contributed by atoms with van der Waals surface area (Å²) in [6.45, 7) is 0. The van der Waals surface area contributed by atoms with Crippen LogP contribution in [-0.4, -0.2) is 9.13 Å². The molecular formula is C13H11ClN2O3S. The molecule has 0 heterocycles. The predicted molar refractivity (Wildman–Crippen MR) is 79.1 cm³/mol. The van der Waals surface area contributed by atoms with E-state index in [1.807, 2.05) is 0 Å². The van der Waals surface area contributed by atoms with Gasteiger partial charge in [0.25, 0.3) is 5.69 Å². The monoisotopic (exact) mass is 310 g/mol. The molecule has 0 spiro atoms.